The van der Waals surface area contributed by atoms with Gasteiger partial charge in [-0.3, -0.25) is 24.4 Å². The fraction of sp³-hybridized carbons (Fsp3) is 0.286. The number of para-hydroxylation sites is 2. The zero-order valence-corrected chi connectivity index (χ0v) is 22.0. The van der Waals surface area contributed by atoms with Gasteiger partial charge < -0.3 is 19.1 Å². The van der Waals surface area contributed by atoms with Crippen LogP contribution in [-0.2, 0) is 6.54 Å². The van der Waals surface area contributed by atoms with E-state index in [2.05, 4.69) is 9.80 Å². The maximum Gasteiger partial charge on any atom is 0.270 e. The summed E-state index contributed by atoms with van der Waals surface area (Å²) in [6.07, 6.45) is 0. The first kappa shape index (κ1) is 26.0. The van der Waals surface area contributed by atoms with Gasteiger partial charge in [0.2, 0.25) is 0 Å². The van der Waals surface area contributed by atoms with Crippen molar-refractivity contribution in [3.63, 3.8) is 0 Å². The Balaban J connectivity index is 1.53. The Morgan fingerprint density at radius 1 is 0.872 bits per heavy atom. The number of hydrogen-bond donors (Lipinski definition) is 0. The lowest BCUT2D eigenvalue weighted by Gasteiger charge is -2.36. The molecular formula is C28H29N5O6. The summed E-state index contributed by atoms with van der Waals surface area (Å²) in [5, 5.41) is 11.6. The molecule has 39 heavy (non-hydrogen) atoms. The zero-order chi connectivity index (χ0) is 27.5. The summed E-state index contributed by atoms with van der Waals surface area (Å²) in [4.78, 5) is 34.1. The van der Waals surface area contributed by atoms with Crippen LogP contribution in [0.15, 0.2) is 65.5 Å². The molecule has 1 saturated heterocycles. The lowest BCUT2D eigenvalue weighted by atomic mass is 10.2. The third-order valence-electron chi connectivity index (χ3n) is 6.92. The number of nitro benzene ring substituents is 1. The standard InChI is InChI=1S/C28H29N5O6/c1-37-20-9-11-24(26(17-20)39-3)32-27(29-22-10-8-19(33(35)36)16-21(22)28(32)34)18-30-12-14-31(15-13-30)23-6-4-5-7-25(23)38-2/h4-11,16-17H,12-15,18H2,1-3H3. The first-order chi connectivity index (χ1) is 18.9. The molecule has 4 aromatic rings. The minimum atomic E-state index is -0.522. The molecule has 0 bridgehead atoms. The van der Waals surface area contributed by atoms with E-state index in [1.54, 1.807) is 32.4 Å². The molecule has 0 atom stereocenters. The second kappa shape index (κ2) is 11.0. The van der Waals surface area contributed by atoms with Crippen LogP contribution >= 0.6 is 0 Å². The van der Waals surface area contributed by atoms with Gasteiger partial charge >= 0.3 is 0 Å². The molecule has 0 amide bonds. The van der Waals surface area contributed by atoms with Gasteiger partial charge in [-0.25, -0.2) is 4.98 Å². The SMILES string of the molecule is COc1ccc(-n2c(CN3CCN(c4ccccc4OC)CC3)nc3ccc([N+](=O)[O-])cc3c2=O)c(OC)c1. The molecular weight excluding hydrogens is 502 g/mol. The Morgan fingerprint density at radius 3 is 2.31 bits per heavy atom. The van der Waals surface area contributed by atoms with E-state index in [-0.39, 0.29) is 11.1 Å². The number of benzene rings is 3. The molecule has 5 rings (SSSR count). The van der Waals surface area contributed by atoms with Gasteiger partial charge in [-0.15, -0.1) is 0 Å². The van der Waals surface area contributed by atoms with E-state index in [1.165, 1.54) is 29.9 Å². The average molecular weight is 532 g/mol. The predicted molar refractivity (Wildman–Crippen MR) is 148 cm³/mol. The third-order valence-corrected chi connectivity index (χ3v) is 6.92. The lowest BCUT2D eigenvalue weighted by molar-refractivity contribution is -0.384. The van der Waals surface area contributed by atoms with Crippen LogP contribution in [0.3, 0.4) is 0 Å². The van der Waals surface area contributed by atoms with Crippen LogP contribution in [0.2, 0.25) is 0 Å². The van der Waals surface area contributed by atoms with E-state index < -0.39 is 10.5 Å². The lowest BCUT2D eigenvalue weighted by Crippen LogP contribution is -2.46. The molecule has 0 saturated carbocycles. The average Bonchev–Trinajstić information content (AvgIpc) is 2.97. The van der Waals surface area contributed by atoms with Gasteiger partial charge in [0, 0.05) is 44.4 Å². The summed E-state index contributed by atoms with van der Waals surface area (Å²) in [6, 6.07) is 17.3. The molecule has 0 radical (unpaired) electrons. The van der Waals surface area contributed by atoms with E-state index in [0.29, 0.717) is 35.1 Å². The molecule has 3 aromatic carbocycles. The van der Waals surface area contributed by atoms with Crippen molar-refractivity contribution in [3.05, 3.63) is 87.0 Å². The molecule has 0 aliphatic carbocycles. The Kier molecular flexibility index (Phi) is 7.33. The van der Waals surface area contributed by atoms with Crippen molar-refractivity contribution >= 4 is 22.3 Å². The maximum absolute atomic E-state index is 13.9. The summed E-state index contributed by atoms with van der Waals surface area (Å²) >= 11 is 0. The number of ether oxygens (including phenoxy) is 3. The second-order valence-corrected chi connectivity index (χ2v) is 9.10. The molecule has 0 spiro atoms. The molecule has 1 aromatic heterocycles. The Morgan fingerprint density at radius 2 is 1.62 bits per heavy atom. The van der Waals surface area contributed by atoms with E-state index in [0.717, 1.165) is 37.6 Å². The zero-order valence-electron chi connectivity index (χ0n) is 22.0. The maximum atomic E-state index is 13.9. The Labute approximate surface area is 224 Å². The van der Waals surface area contributed by atoms with Gasteiger partial charge in [-0.05, 0) is 30.3 Å². The highest BCUT2D eigenvalue weighted by atomic mass is 16.6. The third kappa shape index (κ3) is 5.08. The molecule has 1 aliphatic heterocycles. The van der Waals surface area contributed by atoms with Crippen molar-refractivity contribution in [1.29, 1.82) is 0 Å². The summed E-state index contributed by atoms with van der Waals surface area (Å²) < 4.78 is 17.9. The fourth-order valence-electron chi connectivity index (χ4n) is 4.90. The van der Waals surface area contributed by atoms with Gasteiger partial charge in [0.15, 0.2) is 0 Å². The van der Waals surface area contributed by atoms with Crippen molar-refractivity contribution < 1.29 is 19.1 Å². The van der Waals surface area contributed by atoms with Crippen LogP contribution in [0.25, 0.3) is 16.6 Å². The van der Waals surface area contributed by atoms with Crippen LogP contribution in [0.4, 0.5) is 11.4 Å². The molecule has 1 aliphatic rings. The van der Waals surface area contributed by atoms with Gasteiger partial charge in [0.05, 0.1) is 55.1 Å². The summed E-state index contributed by atoms with van der Waals surface area (Å²) in [5.41, 5.74) is 1.35. The van der Waals surface area contributed by atoms with E-state index in [4.69, 9.17) is 19.2 Å². The number of non-ortho nitro benzene ring substituents is 1. The number of anilines is 1. The minimum Gasteiger partial charge on any atom is -0.497 e. The molecule has 11 nitrogen and oxygen atoms in total. The van der Waals surface area contributed by atoms with Crippen LogP contribution in [-0.4, -0.2) is 66.9 Å². The van der Waals surface area contributed by atoms with Crippen molar-refractivity contribution in [2.45, 2.75) is 6.54 Å². The van der Waals surface area contributed by atoms with E-state index in [9.17, 15) is 14.9 Å². The molecule has 0 unspecified atom stereocenters. The second-order valence-electron chi connectivity index (χ2n) is 9.10. The van der Waals surface area contributed by atoms with E-state index >= 15 is 0 Å². The Bertz CT molecular complexity index is 1580. The van der Waals surface area contributed by atoms with Crippen LogP contribution in [0.5, 0.6) is 17.2 Å². The smallest absolute Gasteiger partial charge is 0.270 e. The van der Waals surface area contributed by atoms with Crippen LogP contribution in [0.1, 0.15) is 5.82 Å². The molecule has 1 fully saturated rings. The number of hydrogen-bond acceptors (Lipinski definition) is 9. The highest BCUT2D eigenvalue weighted by Crippen LogP contribution is 2.30. The highest BCUT2D eigenvalue weighted by molar-refractivity contribution is 5.80. The van der Waals surface area contributed by atoms with Crippen molar-refractivity contribution in [3.8, 4) is 22.9 Å². The largest absolute Gasteiger partial charge is 0.497 e. The van der Waals surface area contributed by atoms with Crippen molar-refractivity contribution in [2.24, 2.45) is 0 Å². The van der Waals surface area contributed by atoms with E-state index in [1.807, 2.05) is 24.3 Å². The quantitative estimate of drug-likeness (QED) is 0.248. The number of nitro groups is 1. The normalized spacial score (nSPS) is 13.9. The number of aromatic nitrogens is 2. The minimum absolute atomic E-state index is 0.159. The van der Waals surface area contributed by atoms with Gasteiger partial charge in [-0.2, -0.15) is 0 Å². The van der Waals surface area contributed by atoms with Gasteiger partial charge in [-0.1, -0.05) is 12.1 Å². The monoisotopic (exact) mass is 531 g/mol. The van der Waals surface area contributed by atoms with Gasteiger partial charge in [0.25, 0.3) is 11.2 Å². The molecule has 202 valence electrons. The fourth-order valence-corrected chi connectivity index (χ4v) is 4.90. The first-order valence-electron chi connectivity index (χ1n) is 12.5. The number of rotatable bonds is 8. The molecule has 2 heterocycles. The first-order valence-corrected chi connectivity index (χ1v) is 12.5. The topological polar surface area (TPSA) is 112 Å². The van der Waals surface area contributed by atoms with Gasteiger partial charge in [0.1, 0.15) is 23.1 Å². The Hall–Kier alpha value is -4.64. The number of methoxy groups -OCH3 is 3. The molecule has 0 N–H and O–H groups in total. The van der Waals surface area contributed by atoms with Crippen molar-refractivity contribution in [2.75, 3.05) is 52.4 Å². The van der Waals surface area contributed by atoms with Crippen LogP contribution in [0, 0.1) is 10.1 Å². The van der Waals surface area contributed by atoms with Crippen molar-refractivity contribution in [1.82, 2.24) is 14.5 Å². The summed E-state index contributed by atoms with van der Waals surface area (Å²) in [6.45, 7) is 3.43. The number of fused-ring (bicyclic) bond motifs is 1. The van der Waals surface area contributed by atoms with Crippen LogP contribution < -0.4 is 24.7 Å². The summed E-state index contributed by atoms with van der Waals surface area (Å²) in [5.74, 6) is 2.33. The predicted octanol–water partition coefficient (Wildman–Crippen LogP) is 3.64. The molecule has 11 heteroatoms. The number of nitrogens with zero attached hydrogens (tertiary/aromatic N) is 5. The number of piperazine rings is 1. The highest BCUT2D eigenvalue weighted by Gasteiger charge is 2.24. The summed E-state index contributed by atoms with van der Waals surface area (Å²) in [7, 11) is 4.73.